The number of anilines is 6. The minimum absolute atomic E-state index is 0.0316. The molecule has 2 heterocycles. The molecule has 2 unspecified atom stereocenters. The van der Waals surface area contributed by atoms with Gasteiger partial charge in [0, 0.05) is 45.0 Å². The Kier molecular flexibility index (Phi) is 13.8. The molecule has 3 heteroatoms. The molecular formula is C83H77BN2. The van der Waals surface area contributed by atoms with Gasteiger partial charge in [0.1, 0.15) is 0 Å². The van der Waals surface area contributed by atoms with Gasteiger partial charge in [0.2, 0.25) is 0 Å². The van der Waals surface area contributed by atoms with E-state index in [0.29, 0.717) is 11.8 Å². The second-order valence-electron chi connectivity index (χ2n) is 27.8. The molecule has 86 heavy (non-hydrogen) atoms. The fourth-order valence-corrected chi connectivity index (χ4v) is 15.0. The zero-order valence-corrected chi connectivity index (χ0v) is 51.5. The molecule has 2 atom stereocenters. The normalized spacial score (nSPS) is 16.1. The lowest BCUT2D eigenvalue weighted by Gasteiger charge is -2.47. The van der Waals surface area contributed by atoms with Crippen LogP contribution in [0.25, 0.3) is 66.8 Å². The van der Waals surface area contributed by atoms with Crippen LogP contribution in [0.1, 0.15) is 104 Å². The van der Waals surface area contributed by atoms with Crippen molar-refractivity contribution >= 4 is 57.2 Å². The first-order valence-electron chi connectivity index (χ1n) is 31.3. The Morgan fingerprint density at radius 3 is 1.05 bits per heavy atom. The van der Waals surface area contributed by atoms with E-state index in [1.165, 1.54) is 140 Å². The summed E-state index contributed by atoms with van der Waals surface area (Å²) in [6.07, 6.45) is 3.48. The van der Waals surface area contributed by atoms with Crippen molar-refractivity contribution < 1.29 is 0 Å². The highest BCUT2D eigenvalue weighted by atomic mass is 15.2. The Balaban J connectivity index is 1.15. The van der Waals surface area contributed by atoms with Gasteiger partial charge in [-0.25, -0.2) is 0 Å². The molecule has 0 N–H and O–H groups in total. The van der Waals surface area contributed by atoms with Crippen molar-refractivity contribution in [2.75, 3.05) is 9.80 Å². The molecule has 422 valence electrons. The van der Waals surface area contributed by atoms with Crippen molar-refractivity contribution in [3.8, 4) is 66.8 Å². The average molecular weight is 1110 g/mol. The van der Waals surface area contributed by atoms with Gasteiger partial charge in [-0.3, -0.25) is 0 Å². The summed E-state index contributed by atoms with van der Waals surface area (Å²) in [6, 6.07) is 97.4. The summed E-state index contributed by atoms with van der Waals surface area (Å²) < 4.78 is 0. The summed E-state index contributed by atoms with van der Waals surface area (Å²) >= 11 is 0. The predicted molar refractivity (Wildman–Crippen MR) is 370 cm³/mol. The molecule has 0 spiro atoms. The van der Waals surface area contributed by atoms with E-state index < -0.39 is 0 Å². The van der Waals surface area contributed by atoms with Gasteiger partial charge in [0.05, 0.1) is 11.4 Å². The summed E-state index contributed by atoms with van der Waals surface area (Å²) in [5.74, 6) is 0.921. The summed E-state index contributed by atoms with van der Waals surface area (Å²) in [7, 11) is 0. The van der Waals surface area contributed by atoms with Gasteiger partial charge < -0.3 is 9.80 Å². The molecule has 11 aromatic carbocycles. The monoisotopic (exact) mass is 1110 g/mol. The minimum Gasteiger partial charge on any atom is -0.310 e. The topological polar surface area (TPSA) is 6.48 Å². The third-order valence-electron chi connectivity index (χ3n) is 19.0. The number of nitrogens with zero attached hydrogens (tertiary/aromatic N) is 2. The van der Waals surface area contributed by atoms with E-state index in [2.05, 4.69) is 327 Å². The Morgan fingerprint density at radius 1 is 0.360 bits per heavy atom. The van der Waals surface area contributed by atoms with Gasteiger partial charge in [-0.05, 0) is 149 Å². The molecule has 0 aromatic heterocycles. The third-order valence-corrected chi connectivity index (χ3v) is 19.0. The molecule has 0 bridgehead atoms. The number of hydrogen-bond acceptors (Lipinski definition) is 2. The third kappa shape index (κ3) is 9.99. The molecule has 2 nitrogen and oxygen atoms in total. The largest absolute Gasteiger partial charge is 0.310 e. The van der Waals surface area contributed by atoms with E-state index in [0.717, 1.165) is 12.8 Å². The first-order chi connectivity index (χ1) is 41.6. The molecular weight excluding hydrogens is 1040 g/mol. The fourth-order valence-electron chi connectivity index (χ4n) is 15.0. The van der Waals surface area contributed by atoms with Crippen molar-refractivity contribution in [3.63, 3.8) is 0 Å². The SMILES string of the molecule is CC1CC(c2cc3c4c(c2)N(c2c(-c5ccccc5)cccc2-c2ccccc2)c2ccc(-c5ccc(C(C)(C)C)cc5)cc2B4c2cc(-c4ccc(C(C)(C)C)cc4)ccc2N3c2c(-c3ccccc3)cccc2-c2ccccc2)CC(C)(C)C1. The van der Waals surface area contributed by atoms with Gasteiger partial charge in [-0.1, -0.05) is 293 Å². The smallest absolute Gasteiger partial charge is 0.252 e. The highest BCUT2D eigenvalue weighted by Gasteiger charge is 2.46. The van der Waals surface area contributed by atoms with Crippen LogP contribution in [0.15, 0.2) is 255 Å². The van der Waals surface area contributed by atoms with Crippen LogP contribution in [-0.2, 0) is 10.8 Å². The lowest BCUT2D eigenvalue weighted by molar-refractivity contribution is 0.168. The number of rotatable bonds is 9. The maximum absolute atomic E-state index is 2.72. The summed E-state index contributed by atoms with van der Waals surface area (Å²) in [6.45, 7) is 21.2. The van der Waals surface area contributed by atoms with E-state index in [1.807, 2.05) is 0 Å². The van der Waals surface area contributed by atoms with Crippen LogP contribution in [-0.4, -0.2) is 6.71 Å². The first kappa shape index (κ1) is 55.0. The van der Waals surface area contributed by atoms with E-state index in [4.69, 9.17) is 0 Å². The van der Waals surface area contributed by atoms with Gasteiger partial charge in [0.25, 0.3) is 6.71 Å². The maximum Gasteiger partial charge on any atom is 0.252 e. The fraction of sp³-hybridized carbons (Fsp3) is 0.205. The second-order valence-corrected chi connectivity index (χ2v) is 27.8. The van der Waals surface area contributed by atoms with Crippen molar-refractivity contribution in [1.82, 2.24) is 0 Å². The van der Waals surface area contributed by atoms with Gasteiger partial charge >= 0.3 is 0 Å². The minimum atomic E-state index is -0.149. The molecule has 0 amide bonds. The van der Waals surface area contributed by atoms with Crippen molar-refractivity contribution in [2.24, 2.45) is 11.3 Å². The molecule has 14 rings (SSSR count). The summed E-state index contributed by atoms with van der Waals surface area (Å²) in [5.41, 5.74) is 29.8. The first-order valence-corrected chi connectivity index (χ1v) is 31.3. The molecule has 2 aliphatic heterocycles. The van der Waals surface area contributed by atoms with Crippen molar-refractivity contribution in [1.29, 1.82) is 0 Å². The Labute approximate surface area is 512 Å². The number of para-hydroxylation sites is 2. The van der Waals surface area contributed by atoms with Gasteiger partial charge in [0.15, 0.2) is 0 Å². The van der Waals surface area contributed by atoms with Crippen LogP contribution in [0, 0.1) is 11.3 Å². The highest BCUT2D eigenvalue weighted by molar-refractivity contribution is 7.00. The lowest BCUT2D eigenvalue weighted by Crippen LogP contribution is -2.61. The molecule has 3 aliphatic rings. The van der Waals surface area contributed by atoms with E-state index in [9.17, 15) is 0 Å². The van der Waals surface area contributed by atoms with Gasteiger partial charge in [-0.15, -0.1) is 0 Å². The van der Waals surface area contributed by atoms with E-state index in [-0.39, 0.29) is 23.0 Å². The van der Waals surface area contributed by atoms with Crippen molar-refractivity contribution in [2.45, 2.75) is 98.3 Å². The standard InChI is InChI=1S/C83H77BN2/c1-55-48-65(54-83(8,9)53-55)64-51-76-78-77(52-64)86(80-70(60-28-18-12-19-29-60)34-23-35-71(80)61-30-20-13-21-31-61)75-47-41-63(57-38-44-67(45-39-57)82(5,6)7)50-73(75)84(78)72-49-62(56-36-42-66(43-37-56)81(2,3)4)40-46-74(72)85(76)79-68(58-24-14-10-15-25-58)32-22-33-69(79)59-26-16-11-17-27-59/h10-47,49-52,55,65H,48,53-54H2,1-9H3. The quantitative estimate of drug-likeness (QED) is 0.133. The predicted octanol–water partition coefficient (Wildman–Crippen LogP) is 21.3. The molecule has 1 saturated carbocycles. The maximum atomic E-state index is 2.72. The van der Waals surface area contributed by atoms with Crippen LogP contribution in [0.3, 0.4) is 0 Å². The molecule has 0 saturated heterocycles. The summed E-state index contributed by atoms with van der Waals surface area (Å²) in [5, 5.41) is 0. The number of benzene rings is 11. The van der Waals surface area contributed by atoms with Crippen molar-refractivity contribution in [3.05, 3.63) is 271 Å². The molecule has 0 radical (unpaired) electrons. The Morgan fingerprint density at radius 2 is 0.709 bits per heavy atom. The average Bonchev–Trinajstić information content (AvgIpc) is 0.698. The Hall–Kier alpha value is -8.92. The van der Waals surface area contributed by atoms with Crippen LogP contribution < -0.4 is 26.2 Å². The number of fused-ring (bicyclic) bond motifs is 4. The zero-order valence-electron chi connectivity index (χ0n) is 51.5. The highest BCUT2D eigenvalue weighted by Crippen LogP contribution is 2.55. The van der Waals surface area contributed by atoms with Crippen LogP contribution in [0.2, 0.25) is 0 Å². The molecule has 1 fully saturated rings. The Bertz CT molecular complexity index is 3930. The number of hydrogen-bond donors (Lipinski definition) is 0. The zero-order chi connectivity index (χ0) is 59.1. The molecule has 11 aromatic rings. The summed E-state index contributed by atoms with van der Waals surface area (Å²) in [4.78, 5) is 5.45. The lowest BCUT2D eigenvalue weighted by atomic mass is 9.33. The van der Waals surface area contributed by atoms with E-state index >= 15 is 0 Å². The van der Waals surface area contributed by atoms with Crippen LogP contribution in [0.4, 0.5) is 34.1 Å². The second kappa shape index (κ2) is 21.5. The van der Waals surface area contributed by atoms with Crippen LogP contribution in [0.5, 0.6) is 0 Å². The molecule has 1 aliphatic carbocycles. The van der Waals surface area contributed by atoms with E-state index in [1.54, 1.807) is 0 Å². The van der Waals surface area contributed by atoms with Crippen LogP contribution >= 0.6 is 0 Å². The van der Waals surface area contributed by atoms with Gasteiger partial charge in [-0.2, -0.15) is 0 Å².